The smallest absolute Gasteiger partial charge is 0.227 e. The van der Waals surface area contributed by atoms with Gasteiger partial charge >= 0.3 is 0 Å². The van der Waals surface area contributed by atoms with E-state index in [-0.39, 0.29) is 5.91 Å². The average Bonchev–Trinajstić information content (AvgIpc) is 2.87. The molecule has 0 aliphatic carbocycles. The van der Waals surface area contributed by atoms with Crippen molar-refractivity contribution in [3.8, 4) is 0 Å². The first-order valence-corrected chi connectivity index (χ1v) is 8.40. The molecular formula is C17H25N3OS. The van der Waals surface area contributed by atoms with E-state index in [1.807, 2.05) is 30.0 Å². The number of carbonyl (C=O) groups excluding carboxylic acids is 1. The molecule has 1 aliphatic rings. The summed E-state index contributed by atoms with van der Waals surface area (Å²) in [6.45, 7) is 7.12. The Bertz CT molecular complexity index is 559. The summed E-state index contributed by atoms with van der Waals surface area (Å²) in [6.07, 6.45) is 3.79. The van der Waals surface area contributed by atoms with Crippen LogP contribution in [0.1, 0.15) is 45.1 Å². The topological polar surface area (TPSA) is 44.4 Å². The molecule has 0 aromatic heterocycles. The number of carbonyl (C=O) groups is 1. The first-order chi connectivity index (χ1) is 10.5. The Kier molecular flexibility index (Phi) is 5.77. The second-order valence-corrected chi connectivity index (χ2v) is 6.35. The molecule has 0 spiro atoms. The molecule has 0 saturated carbocycles. The van der Waals surface area contributed by atoms with Gasteiger partial charge in [-0.3, -0.25) is 4.79 Å². The Labute approximate surface area is 138 Å². The van der Waals surface area contributed by atoms with E-state index in [0.717, 1.165) is 42.7 Å². The normalized spacial score (nSPS) is 15.8. The molecule has 5 heteroatoms. The van der Waals surface area contributed by atoms with E-state index in [1.54, 1.807) is 0 Å². The average molecular weight is 319 g/mol. The third kappa shape index (κ3) is 4.19. The van der Waals surface area contributed by atoms with Crippen molar-refractivity contribution in [2.75, 3.05) is 16.8 Å². The zero-order valence-electron chi connectivity index (χ0n) is 13.6. The monoisotopic (exact) mass is 319 g/mol. The number of aryl methyl sites for hydroxylation is 1. The van der Waals surface area contributed by atoms with Gasteiger partial charge in [0, 0.05) is 30.4 Å². The van der Waals surface area contributed by atoms with Gasteiger partial charge in [-0.2, -0.15) is 0 Å². The minimum absolute atomic E-state index is 0.206. The van der Waals surface area contributed by atoms with Crippen molar-refractivity contribution >= 4 is 34.6 Å². The molecule has 0 unspecified atom stereocenters. The van der Waals surface area contributed by atoms with E-state index >= 15 is 0 Å². The summed E-state index contributed by atoms with van der Waals surface area (Å²) in [4.78, 5) is 13.8. The van der Waals surface area contributed by atoms with Crippen molar-refractivity contribution in [3.63, 3.8) is 0 Å². The van der Waals surface area contributed by atoms with Crippen LogP contribution >= 0.6 is 12.2 Å². The zero-order valence-corrected chi connectivity index (χ0v) is 14.4. The van der Waals surface area contributed by atoms with Crippen molar-refractivity contribution in [3.05, 3.63) is 23.8 Å². The molecule has 1 aromatic carbocycles. The maximum Gasteiger partial charge on any atom is 0.227 e. The van der Waals surface area contributed by atoms with Gasteiger partial charge in [0.25, 0.3) is 0 Å². The number of hydrogen-bond donors (Lipinski definition) is 2. The summed E-state index contributed by atoms with van der Waals surface area (Å²) in [5.41, 5.74) is 3.01. The second kappa shape index (κ2) is 7.58. The number of benzene rings is 1. The van der Waals surface area contributed by atoms with E-state index in [9.17, 15) is 4.79 Å². The largest absolute Gasteiger partial charge is 0.360 e. The first kappa shape index (κ1) is 16.7. The number of thiocarbonyl (C=S) groups is 1. The fourth-order valence-electron chi connectivity index (χ4n) is 2.78. The predicted octanol–water partition coefficient (Wildman–Crippen LogP) is 3.60. The fraction of sp³-hybridized carbons (Fsp3) is 0.529. The third-order valence-corrected chi connectivity index (χ3v) is 4.15. The molecule has 22 heavy (non-hydrogen) atoms. The quantitative estimate of drug-likeness (QED) is 0.814. The van der Waals surface area contributed by atoms with E-state index in [4.69, 9.17) is 12.2 Å². The van der Waals surface area contributed by atoms with Gasteiger partial charge < -0.3 is 15.5 Å². The van der Waals surface area contributed by atoms with Crippen molar-refractivity contribution in [1.82, 2.24) is 5.32 Å². The van der Waals surface area contributed by atoms with Crippen LogP contribution in [0.25, 0.3) is 0 Å². The summed E-state index contributed by atoms with van der Waals surface area (Å²) in [6, 6.07) is 6.39. The maximum absolute atomic E-state index is 11.9. The molecule has 1 fully saturated rings. The fourth-order valence-corrected chi connectivity index (χ4v) is 3.10. The minimum atomic E-state index is 0.206. The highest BCUT2D eigenvalue weighted by Crippen LogP contribution is 2.28. The van der Waals surface area contributed by atoms with E-state index in [0.29, 0.717) is 17.6 Å². The first-order valence-electron chi connectivity index (χ1n) is 7.99. The molecule has 1 heterocycles. The SMILES string of the molecule is CCC[C@H](C)NC(=S)Nc1ccc(C)c(N2CCCC2=O)c1. The number of anilines is 2. The lowest BCUT2D eigenvalue weighted by Gasteiger charge is -2.21. The lowest BCUT2D eigenvalue weighted by molar-refractivity contribution is -0.117. The van der Waals surface area contributed by atoms with Gasteiger partial charge in [-0.05, 0) is 56.6 Å². The minimum Gasteiger partial charge on any atom is -0.360 e. The Morgan fingerprint density at radius 2 is 2.23 bits per heavy atom. The van der Waals surface area contributed by atoms with Crippen LogP contribution in [0.2, 0.25) is 0 Å². The zero-order chi connectivity index (χ0) is 16.1. The van der Waals surface area contributed by atoms with Gasteiger partial charge in [-0.15, -0.1) is 0 Å². The molecule has 1 aromatic rings. The number of nitrogens with one attached hydrogen (secondary N) is 2. The third-order valence-electron chi connectivity index (χ3n) is 3.93. The number of amides is 1. The maximum atomic E-state index is 11.9. The predicted molar refractivity (Wildman–Crippen MR) is 96.5 cm³/mol. The van der Waals surface area contributed by atoms with E-state index in [2.05, 4.69) is 24.5 Å². The molecule has 1 saturated heterocycles. The van der Waals surface area contributed by atoms with Crippen molar-refractivity contribution in [2.45, 2.75) is 52.5 Å². The number of nitrogens with zero attached hydrogens (tertiary/aromatic N) is 1. The lowest BCUT2D eigenvalue weighted by Crippen LogP contribution is -2.35. The van der Waals surface area contributed by atoms with Gasteiger partial charge in [-0.25, -0.2) is 0 Å². The van der Waals surface area contributed by atoms with Gasteiger partial charge in [-0.1, -0.05) is 19.4 Å². The van der Waals surface area contributed by atoms with Crippen LogP contribution in [0, 0.1) is 6.92 Å². The molecule has 4 nitrogen and oxygen atoms in total. The van der Waals surface area contributed by atoms with Crippen LogP contribution in [-0.4, -0.2) is 23.6 Å². The molecule has 1 amide bonds. The van der Waals surface area contributed by atoms with Crippen molar-refractivity contribution < 1.29 is 4.79 Å². The number of hydrogen-bond acceptors (Lipinski definition) is 2. The van der Waals surface area contributed by atoms with Crippen molar-refractivity contribution in [1.29, 1.82) is 0 Å². The Morgan fingerprint density at radius 3 is 2.86 bits per heavy atom. The highest BCUT2D eigenvalue weighted by Gasteiger charge is 2.23. The Hall–Kier alpha value is -1.62. The summed E-state index contributed by atoms with van der Waals surface area (Å²) >= 11 is 5.36. The van der Waals surface area contributed by atoms with E-state index < -0.39 is 0 Å². The molecule has 0 radical (unpaired) electrons. The van der Waals surface area contributed by atoms with Crippen LogP contribution in [-0.2, 0) is 4.79 Å². The van der Waals surface area contributed by atoms with Crippen LogP contribution in [0.15, 0.2) is 18.2 Å². The summed E-state index contributed by atoms with van der Waals surface area (Å²) in [7, 11) is 0. The second-order valence-electron chi connectivity index (χ2n) is 5.94. The lowest BCUT2D eigenvalue weighted by atomic mass is 10.1. The van der Waals surface area contributed by atoms with Gasteiger partial charge in [0.1, 0.15) is 0 Å². The standard InChI is InChI=1S/C17H25N3OS/c1-4-6-13(3)18-17(22)19-14-9-8-12(2)15(11-14)20-10-5-7-16(20)21/h8-9,11,13H,4-7,10H2,1-3H3,(H2,18,19,22)/t13-/m0/s1. The summed E-state index contributed by atoms with van der Waals surface area (Å²) in [5.74, 6) is 0.206. The van der Waals surface area contributed by atoms with Gasteiger partial charge in [0.05, 0.1) is 0 Å². The van der Waals surface area contributed by atoms with Crippen LogP contribution < -0.4 is 15.5 Å². The Morgan fingerprint density at radius 1 is 1.45 bits per heavy atom. The van der Waals surface area contributed by atoms with E-state index in [1.165, 1.54) is 0 Å². The highest BCUT2D eigenvalue weighted by molar-refractivity contribution is 7.80. The summed E-state index contributed by atoms with van der Waals surface area (Å²) < 4.78 is 0. The molecule has 1 atom stereocenters. The highest BCUT2D eigenvalue weighted by atomic mass is 32.1. The van der Waals surface area contributed by atoms with Crippen molar-refractivity contribution in [2.24, 2.45) is 0 Å². The number of rotatable bonds is 5. The Balaban J connectivity index is 2.06. The van der Waals surface area contributed by atoms with Gasteiger partial charge in [0.2, 0.25) is 5.91 Å². The van der Waals surface area contributed by atoms with Crippen LogP contribution in [0.4, 0.5) is 11.4 Å². The summed E-state index contributed by atoms with van der Waals surface area (Å²) in [5, 5.41) is 7.13. The van der Waals surface area contributed by atoms with Gasteiger partial charge in [0.15, 0.2) is 5.11 Å². The van der Waals surface area contributed by atoms with Crippen LogP contribution in [0.3, 0.4) is 0 Å². The molecule has 0 bridgehead atoms. The van der Waals surface area contributed by atoms with Crippen LogP contribution in [0.5, 0.6) is 0 Å². The molecule has 1 aliphatic heterocycles. The molecule has 2 N–H and O–H groups in total. The molecule has 2 rings (SSSR count). The molecular weight excluding hydrogens is 294 g/mol. The molecule has 120 valence electrons.